The molecule has 1 heterocycles. The summed E-state index contributed by atoms with van der Waals surface area (Å²) in [5.74, 6) is 0.580. The van der Waals surface area contributed by atoms with Crippen LogP contribution in [0.1, 0.15) is 33.6 Å². The lowest BCUT2D eigenvalue weighted by atomic mass is 9.40. The zero-order valence-corrected chi connectivity index (χ0v) is 11.1. The van der Waals surface area contributed by atoms with Crippen molar-refractivity contribution in [2.45, 2.75) is 39.9 Å². The van der Waals surface area contributed by atoms with Crippen molar-refractivity contribution in [1.82, 2.24) is 0 Å². The van der Waals surface area contributed by atoms with Crippen molar-refractivity contribution >= 4 is 5.97 Å². The highest BCUT2D eigenvalue weighted by molar-refractivity contribution is 5.83. The standard InChI is InChI=1S/C15H20O3/c1-8-9-4-5-14(3)13(8,2)6-7-15(14)10(9)11(16)18-12(15)17/h4-5,8-11,16H,6-7H2,1-3H3/t8-,9-,10+,11+,13+,14-,15+/m0/s1. The Bertz CT molecular complexity index is 484. The number of cyclic esters (lactones) is 1. The van der Waals surface area contributed by atoms with Crippen LogP contribution in [0.15, 0.2) is 12.2 Å². The molecule has 4 aliphatic carbocycles. The van der Waals surface area contributed by atoms with Gasteiger partial charge in [-0.2, -0.15) is 0 Å². The van der Waals surface area contributed by atoms with Crippen LogP contribution in [0.2, 0.25) is 0 Å². The number of hydrogen-bond donors (Lipinski definition) is 1. The van der Waals surface area contributed by atoms with Gasteiger partial charge in [-0.1, -0.05) is 32.9 Å². The highest BCUT2D eigenvalue weighted by atomic mass is 16.6. The Balaban J connectivity index is 2.04. The van der Waals surface area contributed by atoms with Crippen LogP contribution in [-0.4, -0.2) is 17.4 Å². The van der Waals surface area contributed by atoms with Crippen LogP contribution in [0.4, 0.5) is 0 Å². The predicted octanol–water partition coefficient (Wildman–Crippen LogP) is 2.11. The van der Waals surface area contributed by atoms with E-state index in [2.05, 4.69) is 32.9 Å². The highest BCUT2D eigenvalue weighted by Crippen LogP contribution is 2.79. The van der Waals surface area contributed by atoms with Crippen LogP contribution in [0.3, 0.4) is 0 Å². The zero-order valence-electron chi connectivity index (χ0n) is 11.1. The minimum absolute atomic E-state index is 0.0365. The lowest BCUT2D eigenvalue weighted by Gasteiger charge is -2.61. The predicted molar refractivity (Wildman–Crippen MR) is 65.3 cm³/mol. The van der Waals surface area contributed by atoms with Gasteiger partial charge in [0.2, 0.25) is 6.29 Å². The first kappa shape index (κ1) is 11.0. The molecule has 1 spiro atoms. The van der Waals surface area contributed by atoms with Crippen LogP contribution < -0.4 is 0 Å². The van der Waals surface area contributed by atoms with E-state index in [9.17, 15) is 9.90 Å². The Morgan fingerprint density at radius 1 is 1.39 bits per heavy atom. The lowest BCUT2D eigenvalue weighted by molar-refractivity contribution is -0.162. The summed E-state index contributed by atoms with van der Waals surface area (Å²) in [6.45, 7) is 6.79. The van der Waals surface area contributed by atoms with Crippen molar-refractivity contribution in [2.75, 3.05) is 0 Å². The van der Waals surface area contributed by atoms with Crippen molar-refractivity contribution < 1.29 is 14.6 Å². The van der Waals surface area contributed by atoms with E-state index >= 15 is 0 Å². The largest absolute Gasteiger partial charge is 0.435 e. The number of carbonyl (C=O) groups is 1. The van der Waals surface area contributed by atoms with Crippen LogP contribution in [0.5, 0.6) is 0 Å². The van der Waals surface area contributed by atoms with Crippen molar-refractivity contribution in [3.05, 3.63) is 12.2 Å². The monoisotopic (exact) mass is 248 g/mol. The van der Waals surface area contributed by atoms with Crippen molar-refractivity contribution in [3.8, 4) is 0 Å². The molecule has 3 heteroatoms. The molecule has 1 saturated heterocycles. The molecule has 0 aromatic heterocycles. The summed E-state index contributed by atoms with van der Waals surface area (Å²) in [5, 5.41) is 10.2. The van der Waals surface area contributed by atoms with Gasteiger partial charge in [-0.05, 0) is 30.1 Å². The maximum absolute atomic E-state index is 12.4. The molecule has 5 rings (SSSR count). The van der Waals surface area contributed by atoms with Gasteiger partial charge >= 0.3 is 5.97 Å². The first-order valence-corrected chi connectivity index (χ1v) is 6.97. The SMILES string of the molecule is C[C@H]1[C@@H]2C=C[C@]3(C)[C@@]4(CC[C@]13C)C(=O)O[C@@H](O)[C@@H]24. The molecule has 3 nitrogen and oxygen atoms in total. The molecule has 0 aromatic rings. The Kier molecular flexibility index (Phi) is 1.65. The molecule has 5 aliphatic rings. The van der Waals surface area contributed by atoms with E-state index in [-0.39, 0.29) is 28.6 Å². The number of rotatable bonds is 0. The van der Waals surface area contributed by atoms with Gasteiger partial charge in [-0.15, -0.1) is 0 Å². The van der Waals surface area contributed by atoms with Crippen LogP contribution in [-0.2, 0) is 9.53 Å². The summed E-state index contributed by atoms with van der Waals surface area (Å²) in [4.78, 5) is 12.4. The maximum Gasteiger partial charge on any atom is 0.315 e. The summed E-state index contributed by atoms with van der Waals surface area (Å²) in [5.41, 5.74) is -0.466. The van der Waals surface area contributed by atoms with Gasteiger partial charge in [0.15, 0.2) is 0 Å². The van der Waals surface area contributed by atoms with E-state index < -0.39 is 11.7 Å². The number of hydrogen-bond acceptors (Lipinski definition) is 3. The second-order valence-corrected chi connectivity index (χ2v) is 7.14. The summed E-state index contributed by atoms with van der Waals surface area (Å²) in [6.07, 6.45) is 5.50. The van der Waals surface area contributed by atoms with E-state index in [1.54, 1.807) is 0 Å². The number of esters is 1. The normalized spacial score (nSPS) is 64.1. The Morgan fingerprint density at radius 2 is 2.11 bits per heavy atom. The Hall–Kier alpha value is -0.830. The molecule has 0 unspecified atom stereocenters. The molecule has 2 saturated carbocycles. The van der Waals surface area contributed by atoms with Gasteiger partial charge in [0.1, 0.15) is 0 Å². The van der Waals surface area contributed by atoms with Crippen molar-refractivity contribution in [2.24, 2.45) is 34.0 Å². The quantitative estimate of drug-likeness (QED) is 0.527. The molecular formula is C15H20O3. The van der Waals surface area contributed by atoms with Gasteiger partial charge in [0, 0.05) is 11.3 Å². The molecule has 1 N–H and O–H groups in total. The minimum atomic E-state index is -0.906. The van der Waals surface area contributed by atoms with E-state index in [1.165, 1.54) is 0 Å². The average Bonchev–Trinajstić information content (AvgIpc) is 2.69. The molecule has 0 radical (unpaired) electrons. The molecular weight excluding hydrogens is 228 g/mol. The number of aliphatic hydroxyl groups is 1. The van der Waals surface area contributed by atoms with Crippen LogP contribution >= 0.6 is 0 Å². The summed E-state index contributed by atoms with van der Waals surface area (Å²) in [6, 6.07) is 0. The van der Waals surface area contributed by atoms with Gasteiger partial charge in [0.25, 0.3) is 0 Å². The third kappa shape index (κ3) is 0.740. The topological polar surface area (TPSA) is 46.5 Å². The zero-order chi connectivity index (χ0) is 12.9. The average molecular weight is 248 g/mol. The van der Waals surface area contributed by atoms with E-state index in [0.29, 0.717) is 5.92 Å². The molecule has 7 atom stereocenters. The fourth-order valence-electron chi connectivity index (χ4n) is 5.86. The van der Waals surface area contributed by atoms with Crippen molar-refractivity contribution in [3.63, 3.8) is 0 Å². The summed E-state index contributed by atoms with van der Waals surface area (Å²) < 4.78 is 5.25. The molecule has 0 aromatic carbocycles. The van der Waals surface area contributed by atoms with E-state index in [4.69, 9.17) is 4.74 Å². The van der Waals surface area contributed by atoms with Crippen LogP contribution in [0.25, 0.3) is 0 Å². The maximum atomic E-state index is 12.4. The fourth-order valence-corrected chi connectivity index (χ4v) is 5.86. The number of aliphatic hydroxyl groups excluding tert-OH is 1. The highest BCUT2D eigenvalue weighted by Gasteiger charge is 2.80. The van der Waals surface area contributed by atoms with E-state index in [0.717, 1.165) is 12.8 Å². The third-order valence-electron chi connectivity index (χ3n) is 7.27. The third-order valence-corrected chi connectivity index (χ3v) is 7.27. The molecule has 0 amide bonds. The van der Waals surface area contributed by atoms with Gasteiger partial charge < -0.3 is 9.84 Å². The molecule has 4 bridgehead atoms. The molecule has 98 valence electrons. The molecule has 1 aliphatic heterocycles. The lowest BCUT2D eigenvalue weighted by Crippen LogP contribution is -2.61. The Morgan fingerprint density at radius 3 is 2.83 bits per heavy atom. The van der Waals surface area contributed by atoms with Gasteiger partial charge in [-0.25, -0.2) is 0 Å². The van der Waals surface area contributed by atoms with Crippen molar-refractivity contribution in [1.29, 1.82) is 0 Å². The van der Waals surface area contributed by atoms with Gasteiger partial charge in [0.05, 0.1) is 5.41 Å². The second kappa shape index (κ2) is 2.69. The van der Waals surface area contributed by atoms with E-state index in [1.807, 2.05) is 0 Å². The number of carbonyl (C=O) groups excluding carboxylic acids is 1. The molecule has 3 fully saturated rings. The number of ether oxygens (including phenoxy) is 1. The minimum Gasteiger partial charge on any atom is -0.435 e. The fraction of sp³-hybridized carbons (Fsp3) is 0.800. The molecule has 18 heavy (non-hydrogen) atoms. The van der Waals surface area contributed by atoms with Gasteiger partial charge in [-0.3, -0.25) is 4.79 Å². The first-order valence-electron chi connectivity index (χ1n) is 6.97. The summed E-state index contributed by atoms with van der Waals surface area (Å²) in [7, 11) is 0. The smallest absolute Gasteiger partial charge is 0.315 e. The Labute approximate surface area is 107 Å². The number of allylic oxidation sites excluding steroid dienone is 2. The first-order chi connectivity index (χ1) is 8.38. The summed E-state index contributed by atoms with van der Waals surface area (Å²) >= 11 is 0. The second-order valence-electron chi connectivity index (χ2n) is 7.14. The van der Waals surface area contributed by atoms with Crippen LogP contribution in [0, 0.1) is 34.0 Å².